The molecule has 6 rings (SSSR count). The molecule has 4 aromatic rings. The summed E-state index contributed by atoms with van der Waals surface area (Å²) in [6.07, 6.45) is 4.03. The molecule has 0 N–H and O–H groups in total. The van der Waals surface area contributed by atoms with Crippen LogP contribution in [-0.4, -0.2) is 53.5 Å². The summed E-state index contributed by atoms with van der Waals surface area (Å²) in [7, 11) is 0. The number of benzene rings is 2. The first kappa shape index (κ1) is 20.2. The summed E-state index contributed by atoms with van der Waals surface area (Å²) < 4.78 is 1.06. The van der Waals surface area contributed by atoms with Crippen LogP contribution in [0.4, 0.5) is 16.6 Å². The molecule has 6 nitrogen and oxygen atoms in total. The highest BCUT2D eigenvalue weighted by Gasteiger charge is 2.26. The van der Waals surface area contributed by atoms with Crippen molar-refractivity contribution < 1.29 is 4.79 Å². The van der Waals surface area contributed by atoms with E-state index in [4.69, 9.17) is 4.98 Å². The molecule has 0 aliphatic carbocycles. The van der Waals surface area contributed by atoms with Crippen LogP contribution in [0.15, 0.2) is 66.9 Å². The number of thiazole rings is 1. The number of carbonyl (C=O) groups excluding carboxylic acids is 1. The molecule has 2 aliphatic heterocycles. The number of pyridine rings is 1. The lowest BCUT2D eigenvalue weighted by molar-refractivity contribution is 0.0748. The number of fused-ring (bicyclic) bond motifs is 2. The first-order valence-electron chi connectivity index (χ1n) is 11.5. The summed E-state index contributed by atoms with van der Waals surface area (Å²) in [6.45, 7) is 3.89. The average Bonchev–Trinajstić information content (AvgIpc) is 3.33. The standard InChI is InChI=1S/C26H25N5OS/c32-25(30-17-15-29(16-18-30)23-12-3-4-13-27-23)20-9-5-11-22-24(20)28-26(33-22)31-14-6-8-19-7-1-2-10-21(19)31/h1-5,7,9-13H,6,8,14-18H2. The molecule has 166 valence electrons. The Kier molecular flexibility index (Phi) is 5.19. The fourth-order valence-corrected chi connectivity index (χ4v) is 5.84. The first-order chi connectivity index (χ1) is 16.3. The van der Waals surface area contributed by atoms with Gasteiger partial charge in [-0.15, -0.1) is 0 Å². The number of aromatic nitrogens is 2. The molecule has 2 aromatic heterocycles. The fraction of sp³-hybridized carbons (Fsp3) is 0.269. The Morgan fingerprint density at radius 2 is 1.73 bits per heavy atom. The van der Waals surface area contributed by atoms with Gasteiger partial charge in [-0.2, -0.15) is 0 Å². The van der Waals surface area contributed by atoms with Crippen molar-refractivity contribution in [3.63, 3.8) is 0 Å². The zero-order valence-electron chi connectivity index (χ0n) is 18.4. The van der Waals surface area contributed by atoms with E-state index in [0.29, 0.717) is 18.7 Å². The molecule has 2 aromatic carbocycles. The Hall–Kier alpha value is -3.45. The minimum Gasteiger partial charge on any atom is -0.353 e. The van der Waals surface area contributed by atoms with Gasteiger partial charge >= 0.3 is 0 Å². The number of amides is 1. The van der Waals surface area contributed by atoms with Crippen LogP contribution in [0.3, 0.4) is 0 Å². The van der Waals surface area contributed by atoms with Crippen LogP contribution in [0.2, 0.25) is 0 Å². The van der Waals surface area contributed by atoms with Crippen LogP contribution < -0.4 is 9.80 Å². The van der Waals surface area contributed by atoms with Crippen molar-refractivity contribution >= 4 is 44.1 Å². The van der Waals surface area contributed by atoms with Gasteiger partial charge in [0.2, 0.25) is 0 Å². The lowest BCUT2D eigenvalue weighted by Gasteiger charge is -2.35. The van der Waals surface area contributed by atoms with Gasteiger partial charge in [-0.1, -0.05) is 41.7 Å². The SMILES string of the molecule is O=C(c1cccc2sc(N3CCCc4ccccc43)nc12)N1CCN(c2ccccn2)CC1. The Balaban J connectivity index is 1.26. The second-order valence-corrected chi connectivity index (χ2v) is 9.51. The second kappa shape index (κ2) is 8.48. The predicted octanol–water partition coefficient (Wildman–Crippen LogP) is 4.74. The van der Waals surface area contributed by atoms with E-state index >= 15 is 0 Å². The van der Waals surface area contributed by atoms with Crippen LogP contribution in [0, 0.1) is 0 Å². The van der Waals surface area contributed by atoms with Gasteiger partial charge in [0.15, 0.2) is 5.13 Å². The van der Waals surface area contributed by atoms with Crippen LogP contribution in [0.25, 0.3) is 10.2 Å². The molecule has 0 saturated carbocycles. The maximum Gasteiger partial charge on any atom is 0.256 e. The molecule has 0 radical (unpaired) electrons. The van der Waals surface area contributed by atoms with Gasteiger partial charge in [0, 0.05) is 44.6 Å². The summed E-state index contributed by atoms with van der Waals surface area (Å²) in [6, 6.07) is 20.5. The fourth-order valence-electron chi connectivity index (χ4n) is 4.81. The molecule has 33 heavy (non-hydrogen) atoms. The maximum atomic E-state index is 13.5. The molecule has 0 atom stereocenters. The van der Waals surface area contributed by atoms with Gasteiger partial charge in [0.25, 0.3) is 5.91 Å². The van der Waals surface area contributed by atoms with Crippen molar-refractivity contribution in [1.29, 1.82) is 0 Å². The van der Waals surface area contributed by atoms with Gasteiger partial charge in [0.1, 0.15) is 5.82 Å². The molecule has 1 saturated heterocycles. The van der Waals surface area contributed by atoms with Crippen molar-refractivity contribution in [2.24, 2.45) is 0 Å². The van der Waals surface area contributed by atoms with E-state index in [-0.39, 0.29) is 5.91 Å². The van der Waals surface area contributed by atoms with Gasteiger partial charge in [0.05, 0.1) is 15.8 Å². The third-order valence-corrected chi connectivity index (χ3v) is 7.56. The van der Waals surface area contributed by atoms with E-state index in [1.807, 2.05) is 41.4 Å². The quantitative estimate of drug-likeness (QED) is 0.447. The van der Waals surface area contributed by atoms with Gasteiger partial charge in [-0.25, -0.2) is 9.97 Å². The number of rotatable bonds is 3. The van der Waals surface area contributed by atoms with Gasteiger partial charge in [-0.05, 0) is 48.7 Å². The summed E-state index contributed by atoms with van der Waals surface area (Å²) in [5.41, 5.74) is 4.12. The maximum absolute atomic E-state index is 13.5. The number of anilines is 3. The summed E-state index contributed by atoms with van der Waals surface area (Å²) in [5, 5.41) is 0.970. The molecule has 0 bridgehead atoms. The predicted molar refractivity (Wildman–Crippen MR) is 134 cm³/mol. The Morgan fingerprint density at radius 1 is 0.879 bits per heavy atom. The Bertz CT molecular complexity index is 1300. The number of para-hydroxylation sites is 2. The van der Waals surface area contributed by atoms with E-state index in [1.165, 1.54) is 11.3 Å². The number of aryl methyl sites for hydroxylation is 1. The summed E-state index contributed by atoms with van der Waals surface area (Å²) in [4.78, 5) is 29.4. The van der Waals surface area contributed by atoms with E-state index in [9.17, 15) is 4.79 Å². The van der Waals surface area contributed by atoms with Crippen molar-refractivity contribution in [2.45, 2.75) is 12.8 Å². The number of hydrogen-bond acceptors (Lipinski definition) is 6. The highest BCUT2D eigenvalue weighted by atomic mass is 32.1. The molecule has 0 spiro atoms. The number of nitrogens with zero attached hydrogens (tertiary/aromatic N) is 5. The third kappa shape index (κ3) is 3.72. The Morgan fingerprint density at radius 3 is 2.58 bits per heavy atom. The highest BCUT2D eigenvalue weighted by molar-refractivity contribution is 7.22. The van der Waals surface area contributed by atoms with E-state index in [2.05, 4.69) is 45.1 Å². The van der Waals surface area contributed by atoms with Crippen LogP contribution in [0.5, 0.6) is 0 Å². The van der Waals surface area contributed by atoms with E-state index in [0.717, 1.165) is 53.6 Å². The van der Waals surface area contributed by atoms with Crippen LogP contribution in [0.1, 0.15) is 22.3 Å². The lowest BCUT2D eigenvalue weighted by Crippen LogP contribution is -2.49. The minimum atomic E-state index is 0.0668. The number of hydrogen-bond donors (Lipinski definition) is 0. The number of carbonyl (C=O) groups is 1. The molecular formula is C26H25N5OS. The Labute approximate surface area is 197 Å². The van der Waals surface area contributed by atoms with Crippen LogP contribution in [-0.2, 0) is 6.42 Å². The zero-order chi connectivity index (χ0) is 22.2. The van der Waals surface area contributed by atoms with Crippen molar-refractivity contribution in [3.05, 3.63) is 78.0 Å². The summed E-state index contributed by atoms with van der Waals surface area (Å²) >= 11 is 1.67. The van der Waals surface area contributed by atoms with Gasteiger partial charge < -0.3 is 14.7 Å². The molecule has 4 heterocycles. The first-order valence-corrected chi connectivity index (χ1v) is 12.3. The normalized spacial score (nSPS) is 16.2. The molecule has 0 unspecified atom stereocenters. The monoisotopic (exact) mass is 455 g/mol. The second-order valence-electron chi connectivity index (χ2n) is 8.50. The lowest BCUT2D eigenvalue weighted by atomic mass is 10.0. The average molecular weight is 456 g/mol. The van der Waals surface area contributed by atoms with Crippen molar-refractivity contribution in [2.75, 3.05) is 42.5 Å². The third-order valence-electron chi connectivity index (χ3n) is 6.52. The zero-order valence-corrected chi connectivity index (χ0v) is 19.2. The van der Waals surface area contributed by atoms with Gasteiger partial charge in [-0.3, -0.25) is 4.79 Å². The molecular weight excluding hydrogens is 430 g/mol. The van der Waals surface area contributed by atoms with Crippen molar-refractivity contribution in [1.82, 2.24) is 14.9 Å². The molecule has 1 amide bonds. The highest BCUT2D eigenvalue weighted by Crippen LogP contribution is 2.38. The smallest absolute Gasteiger partial charge is 0.256 e. The molecule has 2 aliphatic rings. The van der Waals surface area contributed by atoms with Crippen LogP contribution >= 0.6 is 11.3 Å². The molecule has 1 fully saturated rings. The topological polar surface area (TPSA) is 52.6 Å². The minimum absolute atomic E-state index is 0.0668. The van der Waals surface area contributed by atoms with E-state index < -0.39 is 0 Å². The van der Waals surface area contributed by atoms with E-state index in [1.54, 1.807) is 11.3 Å². The molecule has 7 heteroatoms. The van der Waals surface area contributed by atoms with Crippen molar-refractivity contribution in [3.8, 4) is 0 Å². The number of piperazine rings is 1. The largest absolute Gasteiger partial charge is 0.353 e. The summed E-state index contributed by atoms with van der Waals surface area (Å²) in [5.74, 6) is 1.04.